The second kappa shape index (κ2) is 6.88. The van der Waals surface area contributed by atoms with Gasteiger partial charge in [0, 0.05) is 23.6 Å². The first-order valence-electron chi connectivity index (χ1n) is 5.91. The first-order valence-corrected chi connectivity index (χ1v) is 6.29. The van der Waals surface area contributed by atoms with Crippen LogP contribution in [0, 0.1) is 0 Å². The highest BCUT2D eigenvalue weighted by molar-refractivity contribution is 6.32. The molecule has 0 aliphatic heterocycles. The number of hydrogen-bond donors (Lipinski definition) is 2. The lowest BCUT2D eigenvalue weighted by atomic mass is 10.3. The molecule has 0 atom stereocenters. The third-order valence-corrected chi connectivity index (χ3v) is 2.77. The molecule has 5 nitrogen and oxygen atoms in total. The minimum absolute atomic E-state index is 0.357. The molecule has 104 valence electrons. The van der Waals surface area contributed by atoms with Crippen molar-refractivity contribution in [2.45, 2.75) is 6.61 Å². The van der Waals surface area contributed by atoms with Crippen LogP contribution in [0.3, 0.4) is 0 Å². The van der Waals surface area contributed by atoms with E-state index in [9.17, 15) is 4.79 Å². The predicted octanol–water partition coefficient (Wildman–Crippen LogP) is 2.24. The molecule has 0 unspecified atom stereocenters. The average molecular weight is 293 g/mol. The Balaban J connectivity index is 2.01. The maximum Gasteiger partial charge on any atom is 0.250 e. The van der Waals surface area contributed by atoms with Gasteiger partial charge >= 0.3 is 0 Å². The van der Waals surface area contributed by atoms with E-state index < -0.39 is 12.5 Å². The van der Waals surface area contributed by atoms with Crippen molar-refractivity contribution < 1.29 is 14.6 Å². The number of hydrogen-bond acceptors (Lipinski definition) is 4. The number of aliphatic hydroxyl groups is 1. The van der Waals surface area contributed by atoms with Crippen LogP contribution < -0.4 is 10.1 Å². The molecule has 0 bridgehead atoms. The lowest BCUT2D eigenvalue weighted by Gasteiger charge is -2.10. The van der Waals surface area contributed by atoms with E-state index in [2.05, 4.69) is 10.3 Å². The summed E-state index contributed by atoms with van der Waals surface area (Å²) in [5, 5.41) is 11.5. The molecule has 20 heavy (non-hydrogen) atoms. The van der Waals surface area contributed by atoms with E-state index in [0.29, 0.717) is 23.1 Å². The molecule has 2 N–H and O–H groups in total. The van der Waals surface area contributed by atoms with E-state index in [4.69, 9.17) is 21.4 Å². The van der Waals surface area contributed by atoms with Crippen LogP contribution in [0.5, 0.6) is 5.75 Å². The molecule has 0 saturated heterocycles. The normalized spacial score (nSPS) is 10.1. The quantitative estimate of drug-likeness (QED) is 0.886. The Labute approximate surface area is 121 Å². The zero-order valence-electron chi connectivity index (χ0n) is 10.5. The van der Waals surface area contributed by atoms with Gasteiger partial charge in [0.25, 0.3) is 0 Å². The Kier molecular flexibility index (Phi) is 4.92. The van der Waals surface area contributed by atoms with Gasteiger partial charge in [0.15, 0.2) is 0 Å². The topological polar surface area (TPSA) is 71.5 Å². The van der Waals surface area contributed by atoms with Crippen LogP contribution >= 0.6 is 11.6 Å². The number of carbonyl (C=O) groups excluding carboxylic acids is 1. The van der Waals surface area contributed by atoms with Gasteiger partial charge in [-0.25, -0.2) is 0 Å². The average Bonchev–Trinajstić information content (AvgIpc) is 2.47. The Morgan fingerprint density at radius 1 is 1.40 bits per heavy atom. The van der Waals surface area contributed by atoms with Crippen LogP contribution in [0.2, 0.25) is 5.02 Å². The number of nitrogens with zero attached hydrogens (tertiary/aromatic N) is 1. The summed E-state index contributed by atoms with van der Waals surface area (Å²) >= 11 is 6.07. The van der Waals surface area contributed by atoms with Gasteiger partial charge in [0.05, 0.1) is 5.02 Å². The molecule has 0 saturated carbocycles. The molecule has 0 fully saturated rings. The SMILES string of the molecule is O=C(CO)Nc1ccc(OCc2cccnc2)c(Cl)c1. The van der Waals surface area contributed by atoms with Gasteiger partial charge in [-0.2, -0.15) is 0 Å². The van der Waals surface area contributed by atoms with Gasteiger partial charge in [-0.1, -0.05) is 17.7 Å². The molecule has 6 heteroatoms. The molecule has 0 aliphatic rings. The minimum atomic E-state index is -0.573. The van der Waals surface area contributed by atoms with Crippen LogP contribution in [0.1, 0.15) is 5.56 Å². The summed E-state index contributed by atoms with van der Waals surface area (Å²) in [7, 11) is 0. The zero-order valence-corrected chi connectivity index (χ0v) is 11.3. The van der Waals surface area contributed by atoms with E-state index in [0.717, 1.165) is 5.56 Å². The standard InChI is InChI=1S/C14H13ClN2O3/c15-12-6-11(17-14(19)8-18)3-4-13(12)20-9-10-2-1-5-16-7-10/h1-7,18H,8-9H2,(H,17,19). The Hall–Kier alpha value is -2.11. The van der Waals surface area contributed by atoms with Crippen LogP contribution in [-0.4, -0.2) is 22.6 Å². The fraction of sp³-hybridized carbons (Fsp3) is 0.143. The number of amides is 1. The lowest BCUT2D eigenvalue weighted by Crippen LogP contribution is -2.15. The summed E-state index contributed by atoms with van der Waals surface area (Å²) < 4.78 is 5.58. The van der Waals surface area contributed by atoms with Crippen molar-refractivity contribution in [2.24, 2.45) is 0 Å². The van der Waals surface area contributed by atoms with E-state index in [1.54, 1.807) is 30.6 Å². The van der Waals surface area contributed by atoms with Gasteiger partial charge in [0.2, 0.25) is 5.91 Å². The second-order valence-electron chi connectivity index (χ2n) is 4.00. The largest absolute Gasteiger partial charge is 0.487 e. The van der Waals surface area contributed by atoms with Crippen LogP contribution in [-0.2, 0) is 11.4 Å². The van der Waals surface area contributed by atoms with Crippen molar-refractivity contribution in [3.05, 3.63) is 53.3 Å². The number of rotatable bonds is 5. The maximum absolute atomic E-state index is 11.0. The zero-order chi connectivity index (χ0) is 14.4. The number of nitrogens with one attached hydrogen (secondary N) is 1. The molecular weight excluding hydrogens is 280 g/mol. The highest BCUT2D eigenvalue weighted by Gasteiger charge is 2.06. The molecule has 2 rings (SSSR count). The number of aliphatic hydroxyl groups excluding tert-OH is 1. The van der Waals surface area contributed by atoms with Crippen molar-refractivity contribution in [1.29, 1.82) is 0 Å². The maximum atomic E-state index is 11.0. The van der Waals surface area contributed by atoms with E-state index in [1.807, 2.05) is 12.1 Å². The van der Waals surface area contributed by atoms with E-state index in [1.165, 1.54) is 0 Å². The molecule has 0 aliphatic carbocycles. The lowest BCUT2D eigenvalue weighted by molar-refractivity contribution is -0.118. The third kappa shape index (κ3) is 3.94. The number of pyridine rings is 1. The van der Waals surface area contributed by atoms with Gasteiger partial charge < -0.3 is 15.2 Å². The minimum Gasteiger partial charge on any atom is -0.487 e. The van der Waals surface area contributed by atoms with E-state index in [-0.39, 0.29) is 0 Å². The highest BCUT2D eigenvalue weighted by atomic mass is 35.5. The Bertz CT molecular complexity index is 590. The molecule has 0 spiro atoms. The Morgan fingerprint density at radius 3 is 2.90 bits per heavy atom. The first kappa shape index (κ1) is 14.3. The molecular formula is C14H13ClN2O3. The summed E-state index contributed by atoms with van der Waals surface area (Å²) in [6.07, 6.45) is 3.40. The smallest absolute Gasteiger partial charge is 0.250 e. The summed E-state index contributed by atoms with van der Waals surface area (Å²) in [5.74, 6) is 0.0163. The summed E-state index contributed by atoms with van der Waals surface area (Å²) in [4.78, 5) is 15.0. The molecule has 2 aromatic rings. The van der Waals surface area contributed by atoms with Crippen molar-refractivity contribution >= 4 is 23.2 Å². The number of benzene rings is 1. The molecule has 1 amide bonds. The number of carbonyl (C=O) groups is 1. The Morgan fingerprint density at radius 2 is 2.25 bits per heavy atom. The number of ether oxygens (including phenoxy) is 1. The molecule has 1 heterocycles. The van der Waals surface area contributed by atoms with Crippen LogP contribution in [0.15, 0.2) is 42.7 Å². The number of anilines is 1. The summed E-state index contributed by atoms with van der Waals surface area (Å²) in [5.41, 5.74) is 1.43. The second-order valence-corrected chi connectivity index (χ2v) is 4.41. The third-order valence-electron chi connectivity index (χ3n) is 2.48. The van der Waals surface area contributed by atoms with Gasteiger partial charge in [-0.15, -0.1) is 0 Å². The van der Waals surface area contributed by atoms with Crippen molar-refractivity contribution in [3.63, 3.8) is 0 Å². The highest BCUT2D eigenvalue weighted by Crippen LogP contribution is 2.28. The number of aromatic nitrogens is 1. The van der Waals surface area contributed by atoms with Crippen molar-refractivity contribution in [1.82, 2.24) is 4.98 Å². The predicted molar refractivity (Wildman–Crippen MR) is 75.7 cm³/mol. The molecule has 1 aromatic heterocycles. The summed E-state index contributed by atoms with van der Waals surface area (Å²) in [6, 6.07) is 8.60. The van der Waals surface area contributed by atoms with Crippen molar-refractivity contribution in [3.8, 4) is 5.75 Å². The first-order chi connectivity index (χ1) is 9.69. The monoisotopic (exact) mass is 292 g/mol. The fourth-order valence-electron chi connectivity index (χ4n) is 1.54. The molecule has 0 radical (unpaired) electrons. The fourth-order valence-corrected chi connectivity index (χ4v) is 1.78. The van der Waals surface area contributed by atoms with Gasteiger partial charge in [-0.05, 0) is 24.3 Å². The van der Waals surface area contributed by atoms with E-state index >= 15 is 0 Å². The van der Waals surface area contributed by atoms with Crippen LogP contribution in [0.4, 0.5) is 5.69 Å². The van der Waals surface area contributed by atoms with Crippen LogP contribution in [0.25, 0.3) is 0 Å². The van der Waals surface area contributed by atoms with Gasteiger partial charge in [-0.3, -0.25) is 9.78 Å². The summed E-state index contributed by atoms with van der Waals surface area (Å²) in [6.45, 7) is -0.215. The van der Waals surface area contributed by atoms with Gasteiger partial charge in [0.1, 0.15) is 19.0 Å². The van der Waals surface area contributed by atoms with Crippen molar-refractivity contribution in [2.75, 3.05) is 11.9 Å². The number of halogens is 1. The molecule has 1 aromatic carbocycles.